The van der Waals surface area contributed by atoms with Gasteiger partial charge in [-0.1, -0.05) is 25.0 Å². The van der Waals surface area contributed by atoms with Crippen molar-refractivity contribution in [2.75, 3.05) is 49.1 Å². The van der Waals surface area contributed by atoms with Gasteiger partial charge in [0.05, 0.1) is 14.7 Å². The molecule has 0 bridgehead atoms. The van der Waals surface area contributed by atoms with Gasteiger partial charge in [0, 0.05) is 51.4 Å². The lowest BCUT2D eigenvalue weighted by Gasteiger charge is -2.36. The quantitative estimate of drug-likeness (QED) is 0.446. The molecule has 0 radical (unpaired) electrons. The molecular formula is C22H27N5O6S. The van der Waals surface area contributed by atoms with E-state index in [0.29, 0.717) is 50.6 Å². The Labute approximate surface area is 197 Å². The van der Waals surface area contributed by atoms with E-state index in [9.17, 15) is 28.6 Å². The van der Waals surface area contributed by atoms with E-state index in [2.05, 4.69) is 0 Å². The molecule has 2 aromatic rings. The second-order valence-corrected chi connectivity index (χ2v) is 10.4. The molecular weight excluding hydrogens is 462 g/mol. The summed E-state index contributed by atoms with van der Waals surface area (Å²) in [5, 5.41) is 23.2. The number of hydrogen-bond acceptors (Lipinski definition) is 8. The van der Waals surface area contributed by atoms with Crippen LogP contribution >= 0.6 is 0 Å². The minimum absolute atomic E-state index is 0.0185. The largest absolute Gasteiger partial charge is 0.362 e. The van der Waals surface area contributed by atoms with Crippen LogP contribution in [0.5, 0.6) is 0 Å². The van der Waals surface area contributed by atoms with Crippen molar-refractivity contribution in [3.05, 3.63) is 62.7 Å². The zero-order valence-corrected chi connectivity index (χ0v) is 19.5. The van der Waals surface area contributed by atoms with Gasteiger partial charge in [-0.3, -0.25) is 20.2 Å². The fraction of sp³-hybridized carbons (Fsp3) is 0.455. The molecule has 12 heteroatoms. The third kappa shape index (κ3) is 4.82. The molecule has 4 rings (SSSR count). The van der Waals surface area contributed by atoms with E-state index in [0.717, 1.165) is 31.7 Å². The summed E-state index contributed by atoms with van der Waals surface area (Å²) in [6.45, 7) is 2.54. The molecule has 182 valence electrons. The number of para-hydroxylation sites is 2. The van der Waals surface area contributed by atoms with E-state index in [1.165, 1.54) is 22.5 Å². The van der Waals surface area contributed by atoms with Crippen molar-refractivity contribution in [3.8, 4) is 0 Å². The highest BCUT2D eigenvalue weighted by Gasteiger charge is 2.31. The van der Waals surface area contributed by atoms with E-state index in [-0.39, 0.29) is 16.3 Å². The summed E-state index contributed by atoms with van der Waals surface area (Å²) in [5.41, 5.74) is 0.627. The number of nitro benzene ring substituents is 2. The van der Waals surface area contributed by atoms with Crippen molar-refractivity contribution in [1.82, 2.24) is 4.31 Å². The maximum Gasteiger partial charge on any atom is 0.293 e. The highest BCUT2D eigenvalue weighted by Crippen LogP contribution is 2.34. The molecule has 11 nitrogen and oxygen atoms in total. The first kappa shape index (κ1) is 23.9. The maximum atomic E-state index is 13.1. The zero-order valence-electron chi connectivity index (χ0n) is 18.7. The standard InChI is InChI=1S/C22H27N5O6S/c28-26(29)21-8-4-3-7-19(21)23-13-15-24(16-14-23)20-10-9-18(17-22(20)27(30)31)34(32,33)25-11-5-1-2-6-12-25/h3-4,7-10,17H,1-2,5-6,11-16H2. The van der Waals surface area contributed by atoms with Gasteiger partial charge in [0.15, 0.2) is 0 Å². The predicted molar refractivity (Wildman–Crippen MR) is 128 cm³/mol. The number of anilines is 2. The van der Waals surface area contributed by atoms with Crippen LogP contribution in [-0.2, 0) is 10.0 Å². The summed E-state index contributed by atoms with van der Waals surface area (Å²) in [7, 11) is -3.81. The third-order valence-corrected chi connectivity index (χ3v) is 8.28. The Balaban J connectivity index is 1.55. The fourth-order valence-electron chi connectivity index (χ4n) is 4.58. The van der Waals surface area contributed by atoms with Crippen LogP contribution in [-0.4, -0.2) is 61.8 Å². The number of rotatable bonds is 6. The molecule has 0 atom stereocenters. The lowest BCUT2D eigenvalue weighted by atomic mass is 10.2. The van der Waals surface area contributed by atoms with Gasteiger partial charge in [-0.15, -0.1) is 0 Å². The first-order chi connectivity index (χ1) is 16.3. The molecule has 2 aliphatic rings. The van der Waals surface area contributed by atoms with Crippen molar-refractivity contribution in [1.29, 1.82) is 0 Å². The van der Waals surface area contributed by atoms with Crippen LogP contribution in [0.3, 0.4) is 0 Å². The first-order valence-electron chi connectivity index (χ1n) is 11.3. The molecule has 0 unspecified atom stereocenters. The molecule has 2 heterocycles. The molecule has 2 aromatic carbocycles. The fourth-order valence-corrected chi connectivity index (χ4v) is 6.12. The van der Waals surface area contributed by atoms with Gasteiger partial charge in [0.25, 0.3) is 11.4 Å². The Morgan fingerprint density at radius 1 is 0.676 bits per heavy atom. The van der Waals surface area contributed by atoms with E-state index in [4.69, 9.17) is 0 Å². The maximum absolute atomic E-state index is 13.1. The normalized spacial score (nSPS) is 17.9. The van der Waals surface area contributed by atoms with Crippen molar-refractivity contribution >= 4 is 32.8 Å². The Hall–Kier alpha value is -3.25. The van der Waals surface area contributed by atoms with Crippen molar-refractivity contribution in [2.45, 2.75) is 30.6 Å². The molecule has 0 aromatic heterocycles. The average Bonchev–Trinajstić information content (AvgIpc) is 3.14. The summed E-state index contributed by atoms with van der Waals surface area (Å²) in [6.07, 6.45) is 3.51. The van der Waals surface area contributed by atoms with E-state index >= 15 is 0 Å². The Morgan fingerprint density at radius 3 is 1.76 bits per heavy atom. The van der Waals surface area contributed by atoms with Crippen LogP contribution in [0.1, 0.15) is 25.7 Å². The molecule has 2 fully saturated rings. The Morgan fingerprint density at radius 2 is 1.21 bits per heavy atom. The summed E-state index contributed by atoms with van der Waals surface area (Å²) < 4.78 is 27.7. The van der Waals surface area contributed by atoms with Crippen LogP contribution in [0.25, 0.3) is 0 Å². The number of nitro groups is 2. The Bertz CT molecular complexity index is 1170. The van der Waals surface area contributed by atoms with Gasteiger partial charge in [-0.25, -0.2) is 8.42 Å². The zero-order chi connectivity index (χ0) is 24.3. The minimum Gasteiger partial charge on any atom is -0.362 e. The monoisotopic (exact) mass is 489 g/mol. The first-order valence-corrected chi connectivity index (χ1v) is 12.7. The average molecular weight is 490 g/mol. The van der Waals surface area contributed by atoms with E-state index in [1.54, 1.807) is 18.2 Å². The van der Waals surface area contributed by atoms with E-state index < -0.39 is 19.9 Å². The van der Waals surface area contributed by atoms with E-state index in [1.807, 2.05) is 9.80 Å². The number of piperazine rings is 1. The van der Waals surface area contributed by atoms with Gasteiger partial charge in [-0.2, -0.15) is 4.31 Å². The highest BCUT2D eigenvalue weighted by molar-refractivity contribution is 7.89. The van der Waals surface area contributed by atoms with Gasteiger partial charge in [0.1, 0.15) is 11.4 Å². The summed E-state index contributed by atoms with van der Waals surface area (Å²) in [4.78, 5) is 25.9. The van der Waals surface area contributed by atoms with Crippen LogP contribution < -0.4 is 9.80 Å². The predicted octanol–water partition coefficient (Wildman–Crippen LogP) is 3.39. The van der Waals surface area contributed by atoms with Gasteiger partial charge >= 0.3 is 0 Å². The van der Waals surface area contributed by atoms with Crippen LogP contribution in [0.4, 0.5) is 22.7 Å². The van der Waals surface area contributed by atoms with Gasteiger partial charge in [-0.05, 0) is 31.0 Å². The van der Waals surface area contributed by atoms with Gasteiger partial charge in [0.2, 0.25) is 10.0 Å². The van der Waals surface area contributed by atoms with Crippen molar-refractivity contribution in [3.63, 3.8) is 0 Å². The number of benzene rings is 2. The van der Waals surface area contributed by atoms with Crippen LogP contribution in [0, 0.1) is 20.2 Å². The third-order valence-electron chi connectivity index (χ3n) is 6.39. The molecule has 0 N–H and O–H groups in total. The second kappa shape index (κ2) is 9.94. The molecule has 2 saturated heterocycles. The number of sulfonamides is 1. The molecule has 34 heavy (non-hydrogen) atoms. The molecule has 0 aliphatic carbocycles. The highest BCUT2D eigenvalue weighted by atomic mass is 32.2. The summed E-state index contributed by atoms with van der Waals surface area (Å²) in [5.74, 6) is 0. The lowest BCUT2D eigenvalue weighted by Crippen LogP contribution is -2.46. The van der Waals surface area contributed by atoms with Crippen molar-refractivity contribution in [2.24, 2.45) is 0 Å². The van der Waals surface area contributed by atoms with Crippen LogP contribution in [0.2, 0.25) is 0 Å². The SMILES string of the molecule is O=[N+]([O-])c1ccccc1N1CCN(c2ccc(S(=O)(=O)N3CCCCCC3)cc2[N+](=O)[O-])CC1. The smallest absolute Gasteiger partial charge is 0.293 e. The topological polar surface area (TPSA) is 130 Å². The Kier molecular flexibility index (Phi) is 6.98. The lowest BCUT2D eigenvalue weighted by molar-refractivity contribution is -0.384. The molecule has 2 aliphatic heterocycles. The summed E-state index contributed by atoms with van der Waals surface area (Å²) >= 11 is 0. The van der Waals surface area contributed by atoms with Crippen LogP contribution in [0.15, 0.2) is 47.4 Å². The summed E-state index contributed by atoms with van der Waals surface area (Å²) in [6, 6.07) is 10.6. The molecule has 0 spiro atoms. The minimum atomic E-state index is -3.81. The number of nitrogens with zero attached hydrogens (tertiary/aromatic N) is 5. The number of hydrogen-bond donors (Lipinski definition) is 0. The molecule has 0 saturated carbocycles. The second-order valence-electron chi connectivity index (χ2n) is 8.45. The van der Waals surface area contributed by atoms with Gasteiger partial charge < -0.3 is 9.80 Å². The van der Waals surface area contributed by atoms with Crippen molar-refractivity contribution < 1.29 is 18.3 Å². The molecule has 0 amide bonds.